The average molecular weight is 700 g/mol. The smallest absolute Gasteiger partial charge is 0.407 e. The third kappa shape index (κ3) is 38.6. The monoisotopic (exact) mass is 699 g/mol. The van der Waals surface area contributed by atoms with Crippen LogP contribution in [0.1, 0.15) is 20.3 Å². The SMILES string of the molecule is CCCNC(=O)OC/C(N)=C/N(C)CCOCCOCCOCCOCCOCCOCCOCCOCCOCCOCCOCC. The first-order chi connectivity index (χ1) is 23.6. The van der Waals surface area contributed by atoms with Crippen LogP contribution in [0.15, 0.2) is 11.9 Å². The highest BCUT2D eigenvalue weighted by Crippen LogP contribution is 1.93. The zero-order valence-electron chi connectivity index (χ0n) is 29.8. The van der Waals surface area contributed by atoms with Gasteiger partial charge in [0, 0.05) is 32.9 Å². The van der Waals surface area contributed by atoms with E-state index in [1.165, 1.54) is 0 Å². The number of carbonyl (C=O) groups is 1. The van der Waals surface area contributed by atoms with Gasteiger partial charge in [0.1, 0.15) is 6.61 Å². The van der Waals surface area contributed by atoms with Crippen molar-refractivity contribution in [1.82, 2.24) is 10.2 Å². The Balaban J connectivity index is 3.21. The molecule has 0 aromatic rings. The van der Waals surface area contributed by atoms with Gasteiger partial charge in [-0.15, -0.1) is 0 Å². The Morgan fingerprint density at radius 2 is 0.854 bits per heavy atom. The molecule has 0 rings (SSSR count). The van der Waals surface area contributed by atoms with Gasteiger partial charge < -0.3 is 72.8 Å². The lowest BCUT2D eigenvalue weighted by molar-refractivity contribution is -0.0274. The maximum atomic E-state index is 11.4. The fourth-order valence-electron chi connectivity index (χ4n) is 3.36. The number of nitrogens with one attached hydrogen (secondary N) is 1. The molecular formula is C32H65N3O13. The largest absolute Gasteiger partial charge is 0.443 e. The maximum Gasteiger partial charge on any atom is 0.407 e. The number of hydrogen-bond donors (Lipinski definition) is 2. The Hall–Kier alpha value is -1.83. The van der Waals surface area contributed by atoms with Gasteiger partial charge in [-0.3, -0.25) is 0 Å². The molecule has 0 saturated carbocycles. The number of hydrogen-bond acceptors (Lipinski definition) is 15. The molecule has 0 radical (unpaired) electrons. The lowest BCUT2D eigenvalue weighted by Crippen LogP contribution is -2.27. The molecule has 0 aliphatic carbocycles. The molecule has 16 nitrogen and oxygen atoms in total. The van der Waals surface area contributed by atoms with E-state index in [0.717, 1.165) is 6.42 Å². The Morgan fingerprint density at radius 1 is 0.542 bits per heavy atom. The molecular weight excluding hydrogens is 634 g/mol. The van der Waals surface area contributed by atoms with Crippen LogP contribution >= 0.6 is 0 Å². The number of carbonyl (C=O) groups excluding carboxylic acids is 1. The molecule has 0 aromatic heterocycles. The van der Waals surface area contributed by atoms with Crippen LogP contribution in [0.2, 0.25) is 0 Å². The molecule has 0 aliphatic rings. The van der Waals surface area contributed by atoms with Gasteiger partial charge in [0.05, 0.1) is 144 Å². The van der Waals surface area contributed by atoms with Gasteiger partial charge in [-0.25, -0.2) is 4.79 Å². The molecule has 286 valence electrons. The lowest BCUT2D eigenvalue weighted by atomic mass is 10.5. The first kappa shape index (κ1) is 46.2. The second-order valence-corrected chi connectivity index (χ2v) is 10.0. The van der Waals surface area contributed by atoms with Crippen LogP contribution in [0.3, 0.4) is 0 Å². The van der Waals surface area contributed by atoms with Crippen molar-refractivity contribution in [3.8, 4) is 0 Å². The first-order valence-electron chi connectivity index (χ1n) is 17.0. The van der Waals surface area contributed by atoms with Gasteiger partial charge in [0.25, 0.3) is 0 Å². The molecule has 0 spiro atoms. The normalized spacial score (nSPS) is 11.7. The van der Waals surface area contributed by atoms with Crippen molar-refractivity contribution in [2.24, 2.45) is 5.73 Å². The highest BCUT2D eigenvalue weighted by Gasteiger charge is 2.02. The van der Waals surface area contributed by atoms with E-state index in [4.69, 9.17) is 62.6 Å². The summed E-state index contributed by atoms with van der Waals surface area (Å²) < 4.78 is 64.9. The zero-order valence-corrected chi connectivity index (χ0v) is 29.8. The van der Waals surface area contributed by atoms with Gasteiger partial charge >= 0.3 is 6.09 Å². The van der Waals surface area contributed by atoms with Crippen LogP contribution in [0.4, 0.5) is 4.79 Å². The van der Waals surface area contributed by atoms with E-state index in [0.29, 0.717) is 164 Å². The van der Waals surface area contributed by atoms with Gasteiger partial charge in [-0.1, -0.05) is 6.92 Å². The van der Waals surface area contributed by atoms with E-state index in [2.05, 4.69) is 5.32 Å². The van der Waals surface area contributed by atoms with Crippen LogP contribution < -0.4 is 11.1 Å². The predicted molar refractivity (Wildman–Crippen MR) is 179 cm³/mol. The molecule has 0 heterocycles. The summed E-state index contributed by atoms with van der Waals surface area (Å²) in [6.45, 7) is 16.7. The molecule has 0 unspecified atom stereocenters. The number of amides is 1. The molecule has 0 saturated heterocycles. The van der Waals surface area contributed by atoms with Gasteiger partial charge in [-0.05, 0) is 13.3 Å². The Labute approximate surface area is 288 Å². The summed E-state index contributed by atoms with van der Waals surface area (Å²) in [5.41, 5.74) is 6.33. The number of ether oxygens (including phenoxy) is 12. The maximum absolute atomic E-state index is 11.4. The number of alkyl carbamates (subject to hydrolysis) is 1. The summed E-state index contributed by atoms with van der Waals surface area (Å²) in [6.07, 6.45) is 2.09. The summed E-state index contributed by atoms with van der Waals surface area (Å²) in [5, 5.41) is 2.62. The van der Waals surface area contributed by atoms with E-state index in [1.807, 2.05) is 25.8 Å². The molecule has 0 aliphatic heterocycles. The average Bonchev–Trinajstić information content (AvgIpc) is 3.08. The van der Waals surface area contributed by atoms with E-state index in [-0.39, 0.29) is 6.61 Å². The summed E-state index contributed by atoms with van der Waals surface area (Å²) >= 11 is 0. The van der Waals surface area contributed by atoms with E-state index in [9.17, 15) is 4.79 Å². The summed E-state index contributed by atoms with van der Waals surface area (Å²) in [4.78, 5) is 13.3. The standard InChI is InChI=1S/C32H65N3O13/c1-4-6-34-32(36)48-30-31(33)29-35(3)7-8-38-11-12-40-15-16-42-19-20-44-23-24-46-27-28-47-26-25-45-22-21-43-18-17-41-14-13-39-10-9-37-5-2/h29H,4-28,30,33H2,1-3H3,(H,34,36)/b31-29-. The third-order valence-electron chi connectivity index (χ3n) is 5.79. The fourth-order valence-corrected chi connectivity index (χ4v) is 3.36. The highest BCUT2D eigenvalue weighted by molar-refractivity contribution is 5.67. The van der Waals surface area contributed by atoms with Crippen molar-refractivity contribution in [3.05, 3.63) is 11.9 Å². The van der Waals surface area contributed by atoms with Gasteiger partial charge in [-0.2, -0.15) is 0 Å². The Kier molecular flexibility index (Phi) is 38.1. The van der Waals surface area contributed by atoms with Crippen LogP contribution in [0.5, 0.6) is 0 Å². The fraction of sp³-hybridized carbons (Fsp3) is 0.906. The van der Waals surface area contributed by atoms with Crippen LogP contribution in [-0.2, 0) is 56.8 Å². The van der Waals surface area contributed by atoms with Crippen LogP contribution in [0.25, 0.3) is 0 Å². The van der Waals surface area contributed by atoms with Crippen molar-refractivity contribution in [2.75, 3.05) is 172 Å². The van der Waals surface area contributed by atoms with E-state index < -0.39 is 6.09 Å². The predicted octanol–water partition coefficient (Wildman–Crippen LogP) is 1.06. The second kappa shape index (κ2) is 39.6. The third-order valence-corrected chi connectivity index (χ3v) is 5.79. The second-order valence-electron chi connectivity index (χ2n) is 10.0. The summed E-state index contributed by atoms with van der Waals surface area (Å²) in [5.74, 6) is 0. The minimum atomic E-state index is -0.472. The number of likely N-dealkylation sites (N-methyl/N-ethyl adjacent to an activating group) is 1. The highest BCUT2D eigenvalue weighted by atomic mass is 16.6. The number of rotatable bonds is 39. The number of nitrogens with zero attached hydrogens (tertiary/aromatic N) is 1. The minimum absolute atomic E-state index is 0.0373. The van der Waals surface area contributed by atoms with Crippen molar-refractivity contribution in [1.29, 1.82) is 0 Å². The molecule has 48 heavy (non-hydrogen) atoms. The molecule has 0 bridgehead atoms. The zero-order chi connectivity index (χ0) is 35.0. The molecule has 3 N–H and O–H groups in total. The topological polar surface area (TPSA) is 169 Å². The van der Waals surface area contributed by atoms with Crippen molar-refractivity contribution in [3.63, 3.8) is 0 Å². The quantitative estimate of drug-likeness (QED) is 0.0873. The molecule has 0 atom stereocenters. The number of nitrogens with two attached hydrogens (primary N) is 1. The molecule has 16 heteroatoms. The van der Waals surface area contributed by atoms with Crippen LogP contribution in [-0.4, -0.2) is 183 Å². The van der Waals surface area contributed by atoms with E-state index >= 15 is 0 Å². The summed E-state index contributed by atoms with van der Waals surface area (Å²) in [6, 6.07) is 0. The lowest BCUT2D eigenvalue weighted by Gasteiger charge is -2.15. The Morgan fingerprint density at radius 3 is 1.17 bits per heavy atom. The van der Waals surface area contributed by atoms with Crippen LogP contribution in [0, 0.1) is 0 Å². The molecule has 1 amide bonds. The Bertz CT molecular complexity index is 696. The van der Waals surface area contributed by atoms with Crippen molar-refractivity contribution in [2.45, 2.75) is 20.3 Å². The van der Waals surface area contributed by atoms with Gasteiger partial charge in [0.2, 0.25) is 0 Å². The van der Waals surface area contributed by atoms with Crippen molar-refractivity contribution >= 4 is 6.09 Å². The molecule has 0 fully saturated rings. The van der Waals surface area contributed by atoms with Gasteiger partial charge in [0.15, 0.2) is 0 Å². The van der Waals surface area contributed by atoms with Crippen molar-refractivity contribution < 1.29 is 61.6 Å². The minimum Gasteiger partial charge on any atom is -0.443 e. The van der Waals surface area contributed by atoms with E-state index in [1.54, 1.807) is 6.20 Å². The molecule has 0 aromatic carbocycles. The summed E-state index contributed by atoms with van der Waals surface area (Å²) in [7, 11) is 1.87. The first-order valence-corrected chi connectivity index (χ1v) is 17.0.